The third-order valence-electron chi connectivity index (χ3n) is 3.45. The number of benzene rings is 1. The fraction of sp³-hybridized carbons (Fsp3) is 0.333. The molecule has 20 heavy (non-hydrogen) atoms. The van der Waals surface area contributed by atoms with Gasteiger partial charge in [-0.1, -0.05) is 33.2 Å². The predicted molar refractivity (Wildman–Crippen MR) is 78.4 cm³/mol. The maximum Gasteiger partial charge on any atom is 0.226 e. The topological polar surface area (TPSA) is 55.1 Å². The second-order valence-corrected chi connectivity index (χ2v) is 6.09. The van der Waals surface area contributed by atoms with Crippen LogP contribution < -0.4 is 5.32 Å². The smallest absolute Gasteiger partial charge is 0.226 e. The van der Waals surface area contributed by atoms with Crippen LogP contribution in [0.25, 0.3) is 0 Å². The van der Waals surface area contributed by atoms with Crippen LogP contribution in [0.4, 0.5) is 0 Å². The van der Waals surface area contributed by atoms with E-state index in [4.69, 9.17) is 4.52 Å². The van der Waals surface area contributed by atoms with E-state index in [0.717, 1.165) is 16.7 Å². The molecule has 2 unspecified atom stereocenters. The van der Waals surface area contributed by atoms with Crippen LogP contribution in [-0.2, 0) is 11.2 Å². The van der Waals surface area contributed by atoms with Crippen molar-refractivity contribution in [1.82, 2.24) is 10.5 Å². The molecule has 0 bridgehead atoms. The molecule has 0 spiro atoms. The van der Waals surface area contributed by atoms with Crippen molar-refractivity contribution in [3.8, 4) is 0 Å². The molecular formula is C15H15BrN2O2. The minimum atomic E-state index is 0.00270. The number of halogens is 1. The summed E-state index contributed by atoms with van der Waals surface area (Å²) in [5, 5.41) is 6.87. The number of nitrogens with one attached hydrogen (secondary N) is 1. The molecule has 1 heterocycles. The number of carbonyl (C=O) groups is 1. The zero-order valence-electron chi connectivity index (χ0n) is 11.1. The highest BCUT2D eigenvalue weighted by Crippen LogP contribution is 2.41. The highest BCUT2D eigenvalue weighted by molar-refractivity contribution is 9.10. The summed E-state index contributed by atoms with van der Waals surface area (Å²) < 4.78 is 6.03. The van der Waals surface area contributed by atoms with Gasteiger partial charge in [-0.3, -0.25) is 4.79 Å². The van der Waals surface area contributed by atoms with E-state index in [1.54, 1.807) is 6.07 Å². The van der Waals surface area contributed by atoms with Gasteiger partial charge in [0.05, 0.1) is 12.1 Å². The van der Waals surface area contributed by atoms with Gasteiger partial charge in [-0.25, -0.2) is 0 Å². The first kappa shape index (κ1) is 13.4. The summed E-state index contributed by atoms with van der Waals surface area (Å²) in [6.45, 7) is 1.82. The van der Waals surface area contributed by atoms with Gasteiger partial charge in [0, 0.05) is 22.5 Å². The first-order valence-electron chi connectivity index (χ1n) is 6.59. The van der Waals surface area contributed by atoms with Crippen molar-refractivity contribution in [3.63, 3.8) is 0 Å². The molecular weight excluding hydrogens is 320 g/mol. The molecule has 1 aliphatic rings. The standard InChI is InChI=1S/C15H15BrN2O2/c1-9-6-12(18-20-9)7-15(19)17-14-8-13(14)10-2-4-11(16)5-3-10/h2-6,13-14H,7-8H2,1H3,(H,17,19). The minimum Gasteiger partial charge on any atom is -0.361 e. The monoisotopic (exact) mass is 334 g/mol. The molecule has 0 saturated heterocycles. The van der Waals surface area contributed by atoms with Crippen molar-refractivity contribution in [2.75, 3.05) is 0 Å². The molecule has 0 radical (unpaired) electrons. The average Bonchev–Trinajstić information content (AvgIpc) is 3.04. The van der Waals surface area contributed by atoms with Crippen molar-refractivity contribution in [2.45, 2.75) is 31.7 Å². The second kappa shape index (κ2) is 5.40. The molecule has 5 heteroatoms. The van der Waals surface area contributed by atoms with Gasteiger partial charge < -0.3 is 9.84 Å². The van der Waals surface area contributed by atoms with Crippen LogP contribution in [0.2, 0.25) is 0 Å². The number of aromatic nitrogens is 1. The number of aryl methyl sites for hydroxylation is 1. The van der Waals surface area contributed by atoms with E-state index in [1.165, 1.54) is 5.56 Å². The molecule has 1 aromatic carbocycles. The molecule has 1 aliphatic carbocycles. The van der Waals surface area contributed by atoms with Crippen molar-refractivity contribution >= 4 is 21.8 Å². The number of hydrogen-bond donors (Lipinski definition) is 1. The van der Waals surface area contributed by atoms with Crippen molar-refractivity contribution in [3.05, 3.63) is 51.8 Å². The summed E-state index contributed by atoms with van der Waals surface area (Å²) in [4.78, 5) is 11.9. The molecule has 1 fully saturated rings. The zero-order chi connectivity index (χ0) is 14.1. The van der Waals surface area contributed by atoms with Crippen LogP contribution in [0.3, 0.4) is 0 Å². The summed E-state index contributed by atoms with van der Waals surface area (Å²) in [6, 6.07) is 10.3. The highest BCUT2D eigenvalue weighted by Gasteiger charge is 2.39. The van der Waals surface area contributed by atoms with Gasteiger partial charge in [0.25, 0.3) is 0 Å². The normalized spacial score (nSPS) is 20.7. The Kier molecular flexibility index (Phi) is 3.61. The lowest BCUT2D eigenvalue weighted by Crippen LogP contribution is -2.28. The molecule has 1 aromatic heterocycles. The van der Waals surface area contributed by atoms with E-state index in [0.29, 0.717) is 11.6 Å². The average molecular weight is 335 g/mol. The van der Waals surface area contributed by atoms with Gasteiger partial charge in [0.15, 0.2) is 0 Å². The lowest BCUT2D eigenvalue weighted by molar-refractivity contribution is -0.120. The largest absolute Gasteiger partial charge is 0.361 e. The number of rotatable bonds is 4. The van der Waals surface area contributed by atoms with Crippen LogP contribution in [0.15, 0.2) is 39.3 Å². The molecule has 3 rings (SSSR count). The zero-order valence-corrected chi connectivity index (χ0v) is 12.7. The Labute approximate surface area is 125 Å². The quantitative estimate of drug-likeness (QED) is 0.935. The fourth-order valence-electron chi connectivity index (χ4n) is 2.36. The molecule has 1 N–H and O–H groups in total. The molecule has 2 aromatic rings. The van der Waals surface area contributed by atoms with Gasteiger partial charge in [-0.05, 0) is 31.0 Å². The van der Waals surface area contributed by atoms with E-state index in [2.05, 4.69) is 38.5 Å². The van der Waals surface area contributed by atoms with Crippen molar-refractivity contribution < 1.29 is 9.32 Å². The van der Waals surface area contributed by atoms with Gasteiger partial charge >= 0.3 is 0 Å². The molecule has 1 amide bonds. The first-order chi connectivity index (χ1) is 9.61. The maximum absolute atomic E-state index is 11.9. The van der Waals surface area contributed by atoms with E-state index in [9.17, 15) is 4.79 Å². The van der Waals surface area contributed by atoms with Crippen LogP contribution in [0, 0.1) is 6.92 Å². The number of carbonyl (C=O) groups excluding carboxylic acids is 1. The summed E-state index contributed by atoms with van der Waals surface area (Å²) >= 11 is 3.42. The fourth-order valence-corrected chi connectivity index (χ4v) is 2.62. The Balaban J connectivity index is 1.52. The van der Waals surface area contributed by atoms with Gasteiger partial charge in [-0.2, -0.15) is 0 Å². The molecule has 2 atom stereocenters. The Morgan fingerprint density at radius 1 is 1.45 bits per heavy atom. The van der Waals surface area contributed by atoms with Crippen LogP contribution in [0.5, 0.6) is 0 Å². The van der Waals surface area contributed by atoms with E-state index in [1.807, 2.05) is 19.1 Å². The number of hydrogen-bond acceptors (Lipinski definition) is 3. The van der Waals surface area contributed by atoms with Crippen LogP contribution in [-0.4, -0.2) is 17.1 Å². The maximum atomic E-state index is 11.9. The van der Waals surface area contributed by atoms with E-state index >= 15 is 0 Å². The predicted octanol–water partition coefficient (Wildman–Crippen LogP) is 2.96. The van der Waals surface area contributed by atoms with Crippen molar-refractivity contribution in [1.29, 1.82) is 0 Å². The molecule has 104 valence electrons. The summed E-state index contributed by atoms with van der Waals surface area (Å²) in [5.41, 5.74) is 1.96. The SMILES string of the molecule is Cc1cc(CC(=O)NC2CC2c2ccc(Br)cc2)no1. The molecule has 4 nitrogen and oxygen atoms in total. The Morgan fingerprint density at radius 2 is 2.20 bits per heavy atom. The third-order valence-corrected chi connectivity index (χ3v) is 3.98. The van der Waals surface area contributed by atoms with Gasteiger partial charge in [0.1, 0.15) is 5.76 Å². The third kappa shape index (κ3) is 3.10. The van der Waals surface area contributed by atoms with E-state index in [-0.39, 0.29) is 18.4 Å². The van der Waals surface area contributed by atoms with Gasteiger partial charge in [-0.15, -0.1) is 0 Å². The number of nitrogens with zero attached hydrogens (tertiary/aromatic N) is 1. The summed E-state index contributed by atoms with van der Waals surface area (Å²) in [5.74, 6) is 1.17. The number of amides is 1. The first-order valence-corrected chi connectivity index (χ1v) is 7.38. The van der Waals surface area contributed by atoms with E-state index < -0.39 is 0 Å². The lowest BCUT2D eigenvalue weighted by atomic mass is 10.1. The van der Waals surface area contributed by atoms with Crippen molar-refractivity contribution in [2.24, 2.45) is 0 Å². The van der Waals surface area contributed by atoms with Crippen LogP contribution in [0.1, 0.15) is 29.4 Å². The minimum absolute atomic E-state index is 0.00270. The van der Waals surface area contributed by atoms with Crippen LogP contribution >= 0.6 is 15.9 Å². The summed E-state index contributed by atoms with van der Waals surface area (Å²) in [6.07, 6.45) is 1.28. The lowest BCUT2D eigenvalue weighted by Gasteiger charge is -2.03. The second-order valence-electron chi connectivity index (χ2n) is 5.17. The summed E-state index contributed by atoms with van der Waals surface area (Å²) in [7, 11) is 0. The Hall–Kier alpha value is -1.62. The Morgan fingerprint density at radius 3 is 2.85 bits per heavy atom. The van der Waals surface area contributed by atoms with Gasteiger partial charge in [0.2, 0.25) is 5.91 Å². The highest BCUT2D eigenvalue weighted by atomic mass is 79.9. The molecule has 1 saturated carbocycles. The Bertz CT molecular complexity index is 621. The molecule has 0 aliphatic heterocycles.